The summed E-state index contributed by atoms with van der Waals surface area (Å²) >= 11 is 0. The summed E-state index contributed by atoms with van der Waals surface area (Å²) in [6.45, 7) is 11.6. The first-order valence-electron chi connectivity index (χ1n) is 11.5. The number of carbonyl (C=O) groups excluding carboxylic acids is 2. The van der Waals surface area contributed by atoms with Crippen molar-refractivity contribution in [1.29, 1.82) is 0 Å². The van der Waals surface area contributed by atoms with E-state index in [-0.39, 0.29) is 12.4 Å². The number of halogens is 1. The Morgan fingerprint density at radius 2 is 1.91 bits per heavy atom. The zero-order chi connectivity index (χ0) is 24.4. The third-order valence-corrected chi connectivity index (χ3v) is 10.7. The van der Waals surface area contributed by atoms with Gasteiger partial charge in [-0.3, -0.25) is 4.79 Å². The highest BCUT2D eigenvalue weighted by atomic mass is 28.4. The molecule has 1 aliphatic heterocycles. The second-order valence-corrected chi connectivity index (χ2v) is 14.1. The van der Waals surface area contributed by atoms with Crippen molar-refractivity contribution < 1.29 is 23.1 Å². The zero-order valence-corrected chi connectivity index (χ0v) is 21.1. The van der Waals surface area contributed by atoms with Crippen LogP contribution in [0.3, 0.4) is 0 Å². The second-order valence-electron chi connectivity index (χ2n) is 9.35. The summed E-state index contributed by atoms with van der Waals surface area (Å²) in [5.74, 6) is -0.123. The number of nitrogens with zero attached hydrogens (tertiary/aromatic N) is 3. The number of anilines is 1. The number of hydrogen-bond donors (Lipinski definition) is 2. The van der Waals surface area contributed by atoms with Crippen LogP contribution in [0, 0.1) is 0 Å². The van der Waals surface area contributed by atoms with Crippen molar-refractivity contribution in [3.8, 4) is 0 Å². The molecule has 2 aromatic heterocycles. The largest absolute Gasteiger partial charge is 0.442 e. The van der Waals surface area contributed by atoms with Crippen LogP contribution in [0.4, 0.5) is 15.0 Å². The number of pyridine rings is 1. The third-order valence-electron chi connectivity index (χ3n) is 6.06. The molecule has 2 aromatic rings. The third kappa shape index (κ3) is 5.59. The molecule has 3 atom stereocenters. The molecular weight excluding hydrogens is 445 g/mol. The SMILES string of the molecule is CC[Si](CC)(CC)O[C@@H]1[C@@H](F)CN[C@H]1C(=O)Nc1ccc2c(cnn2C(=O)OC(C)(C)C)n1. The Kier molecular flexibility index (Phi) is 7.54. The Morgan fingerprint density at radius 3 is 2.52 bits per heavy atom. The molecule has 11 heteroatoms. The molecular formula is C22H34FN5O4Si. The van der Waals surface area contributed by atoms with E-state index in [4.69, 9.17) is 9.16 Å². The van der Waals surface area contributed by atoms with Crippen LogP contribution in [0.1, 0.15) is 41.5 Å². The van der Waals surface area contributed by atoms with Crippen molar-refractivity contribution in [2.45, 2.75) is 83.6 Å². The van der Waals surface area contributed by atoms with Gasteiger partial charge in [0.1, 0.15) is 35.3 Å². The Balaban J connectivity index is 1.75. The molecule has 0 radical (unpaired) electrons. The number of ether oxygens (including phenoxy) is 1. The molecule has 0 unspecified atom stereocenters. The van der Waals surface area contributed by atoms with Crippen LogP contribution in [0.25, 0.3) is 11.0 Å². The van der Waals surface area contributed by atoms with Crippen LogP contribution < -0.4 is 10.6 Å². The van der Waals surface area contributed by atoms with Crippen molar-refractivity contribution in [2.75, 3.05) is 11.9 Å². The first-order valence-corrected chi connectivity index (χ1v) is 14.0. The van der Waals surface area contributed by atoms with Gasteiger partial charge in [0.15, 0.2) is 8.32 Å². The van der Waals surface area contributed by atoms with Gasteiger partial charge in [0.05, 0.1) is 11.7 Å². The quantitative estimate of drug-likeness (QED) is 0.581. The predicted octanol–water partition coefficient (Wildman–Crippen LogP) is 3.85. The lowest BCUT2D eigenvalue weighted by Crippen LogP contribution is -2.50. The summed E-state index contributed by atoms with van der Waals surface area (Å²) in [6.07, 6.45) is -1.26. The summed E-state index contributed by atoms with van der Waals surface area (Å²) < 4.78 is 27.5. The topological polar surface area (TPSA) is 107 Å². The number of hydrogen-bond acceptors (Lipinski definition) is 7. The molecule has 0 saturated carbocycles. The number of aromatic nitrogens is 3. The van der Waals surface area contributed by atoms with Crippen LogP contribution in [-0.2, 0) is 14.0 Å². The first kappa shape index (κ1) is 25.3. The fourth-order valence-corrected chi connectivity index (χ4v) is 6.85. The average Bonchev–Trinajstić information content (AvgIpc) is 3.34. The van der Waals surface area contributed by atoms with Gasteiger partial charge in [-0.15, -0.1) is 0 Å². The molecule has 3 rings (SSSR count). The molecule has 1 saturated heterocycles. The summed E-state index contributed by atoms with van der Waals surface area (Å²) in [7, 11) is -2.10. The minimum atomic E-state index is -2.10. The Hall–Kier alpha value is -2.37. The van der Waals surface area contributed by atoms with Crippen molar-refractivity contribution in [3.05, 3.63) is 18.3 Å². The molecule has 0 aromatic carbocycles. The normalized spacial score (nSPS) is 21.4. The van der Waals surface area contributed by atoms with E-state index in [1.807, 2.05) is 0 Å². The molecule has 33 heavy (non-hydrogen) atoms. The van der Waals surface area contributed by atoms with E-state index in [1.54, 1.807) is 32.9 Å². The van der Waals surface area contributed by atoms with Crippen LogP contribution in [0.2, 0.25) is 18.1 Å². The molecule has 3 heterocycles. The van der Waals surface area contributed by atoms with Gasteiger partial charge in [0, 0.05) is 6.54 Å². The standard InChI is InChI=1S/C22H34FN5O4Si/c1-7-33(8-2,9-3)32-19-14(23)12-24-18(19)20(29)27-17-11-10-16-15(26-17)13-25-28(16)21(30)31-22(4,5)6/h10-11,13-14,18-19,24H,7-9,12H2,1-6H3,(H,26,27,29)/t14-,18+,19+/m0/s1. The smallest absolute Gasteiger partial charge is 0.435 e. The highest BCUT2D eigenvalue weighted by Crippen LogP contribution is 2.28. The Labute approximate surface area is 194 Å². The van der Waals surface area contributed by atoms with E-state index >= 15 is 0 Å². The van der Waals surface area contributed by atoms with E-state index in [2.05, 4.69) is 41.5 Å². The van der Waals surface area contributed by atoms with Gasteiger partial charge in [-0.1, -0.05) is 20.8 Å². The molecule has 1 fully saturated rings. The maximum Gasteiger partial charge on any atom is 0.435 e. The Bertz CT molecular complexity index is 996. The maximum atomic E-state index is 14.7. The predicted molar refractivity (Wildman–Crippen MR) is 127 cm³/mol. The molecule has 0 bridgehead atoms. The summed E-state index contributed by atoms with van der Waals surface area (Å²) in [6, 6.07) is 5.01. The van der Waals surface area contributed by atoms with Gasteiger partial charge in [0.2, 0.25) is 5.91 Å². The van der Waals surface area contributed by atoms with Gasteiger partial charge in [-0.2, -0.15) is 9.78 Å². The number of fused-ring (bicyclic) bond motifs is 1. The minimum Gasteiger partial charge on any atom is -0.442 e. The summed E-state index contributed by atoms with van der Waals surface area (Å²) in [5, 5.41) is 9.76. The number of rotatable bonds is 7. The summed E-state index contributed by atoms with van der Waals surface area (Å²) in [5.41, 5.74) is 0.213. The van der Waals surface area contributed by atoms with E-state index in [1.165, 1.54) is 6.20 Å². The number of carbonyl (C=O) groups is 2. The van der Waals surface area contributed by atoms with Gasteiger partial charge < -0.3 is 19.8 Å². The van der Waals surface area contributed by atoms with Gasteiger partial charge in [-0.05, 0) is 51.0 Å². The van der Waals surface area contributed by atoms with Crippen molar-refractivity contribution >= 4 is 37.2 Å². The lowest BCUT2D eigenvalue weighted by atomic mass is 10.1. The lowest BCUT2D eigenvalue weighted by Gasteiger charge is -2.34. The first-order chi connectivity index (χ1) is 15.5. The van der Waals surface area contributed by atoms with E-state index in [0.29, 0.717) is 11.0 Å². The van der Waals surface area contributed by atoms with Crippen LogP contribution in [0.5, 0.6) is 0 Å². The van der Waals surface area contributed by atoms with Gasteiger partial charge >= 0.3 is 6.09 Å². The molecule has 9 nitrogen and oxygen atoms in total. The lowest BCUT2D eigenvalue weighted by molar-refractivity contribution is -0.119. The monoisotopic (exact) mass is 479 g/mol. The molecule has 182 valence electrons. The van der Waals surface area contributed by atoms with Crippen LogP contribution in [0.15, 0.2) is 18.3 Å². The maximum absolute atomic E-state index is 14.7. The number of amides is 1. The zero-order valence-electron chi connectivity index (χ0n) is 20.1. The van der Waals surface area contributed by atoms with E-state index in [0.717, 1.165) is 22.8 Å². The van der Waals surface area contributed by atoms with E-state index in [9.17, 15) is 14.0 Å². The second kappa shape index (κ2) is 9.86. The number of nitrogens with one attached hydrogen (secondary N) is 2. The van der Waals surface area contributed by atoms with Crippen molar-refractivity contribution in [1.82, 2.24) is 20.1 Å². The highest BCUT2D eigenvalue weighted by molar-refractivity contribution is 6.73. The van der Waals surface area contributed by atoms with Crippen LogP contribution >= 0.6 is 0 Å². The number of alkyl halides is 1. The fraction of sp³-hybridized carbons (Fsp3) is 0.636. The highest BCUT2D eigenvalue weighted by Gasteiger charge is 2.45. The van der Waals surface area contributed by atoms with Crippen molar-refractivity contribution in [3.63, 3.8) is 0 Å². The van der Waals surface area contributed by atoms with Crippen LogP contribution in [-0.4, -0.2) is 65.5 Å². The van der Waals surface area contributed by atoms with Crippen molar-refractivity contribution in [2.24, 2.45) is 0 Å². The van der Waals surface area contributed by atoms with Gasteiger partial charge in [-0.25, -0.2) is 14.2 Å². The molecule has 1 aliphatic rings. The fourth-order valence-electron chi connectivity index (χ4n) is 3.99. The average molecular weight is 480 g/mol. The molecule has 2 N–H and O–H groups in total. The molecule has 0 spiro atoms. The molecule has 1 amide bonds. The minimum absolute atomic E-state index is 0.0689. The van der Waals surface area contributed by atoms with E-state index < -0.39 is 44.2 Å². The Morgan fingerprint density at radius 1 is 1.24 bits per heavy atom. The molecule has 0 aliphatic carbocycles. The summed E-state index contributed by atoms with van der Waals surface area (Å²) in [4.78, 5) is 29.7. The van der Waals surface area contributed by atoms with Gasteiger partial charge in [0.25, 0.3) is 0 Å².